The van der Waals surface area contributed by atoms with Gasteiger partial charge in [0.25, 0.3) is 0 Å². The van der Waals surface area contributed by atoms with E-state index >= 15 is 0 Å². The summed E-state index contributed by atoms with van der Waals surface area (Å²) < 4.78 is 5.88. The highest BCUT2D eigenvalue weighted by Gasteiger charge is 2.34. The van der Waals surface area contributed by atoms with Crippen LogP contribution in [-0.4, -0.2) is 28.6 Å². The first-order valence-electron chi connectivity index (χ1n) is 6.57. The van der Waals surface area contributed by atoms with E-state index in [-0.39, 0.29) is 5.97 Å². The van der Waals surface area contributed by atoms with Crippen molar-refractivity contribution in [2.75, 3.05) is 12.4 Å². The number of anilines is 1. The Morgan fingerprint density at radius 1 is 1.50 bits per heavy atom. The number of nitrogens with one attached hydrogen (secondary N) is 1. The van der Waals surface area contributed by atoms with Crippen molar-refractivity contribution in [2.45, 2.75) is 39.2 Å². The monoisotopic (exact) mass is 293 g/mol. The highest BCUT2D eigenvalue weighted by atomic mass is 32.1. The van der Waals surface area contributed by atoms with Crippen molar-refractivity contribution in [2.24, 2.45) is 0 Å². The number of methoxy groups -OCH3 is 1. The lowest BCUT2D eigenvalue weighted by Crippen LogP contribution is -2.44. The molecule has 20 heavy (non-hydrogen) atoms. The van der Waals surface area contributed by atoms with E-state index in [1.54, 1.807) is 11.3 Å². The maximum Gasteiger partial charge on any atom is 0.331 e. The molecule has 6 heteroatoms. The second kappa shape index (κ2) is 5.75. The number of thiophene rings is 1. The molecule has 0 saturated carbocycles. The van der Waals surface area contributed by atoms with Gasteiger partial charge >= 0.3 is 5.97 Å². The molecule has 0 aliphatic carbocycles. The Labute approximate surface area is 122 Å². The molecule has 2 rings (SSSR count). The summed E-state index contributed by atoms with van der Waals surface area (Å²) in [7, 11) is 1.41. The average molecular weight is 293 g/mol. The van der Waals surface area contributed by atoms with Crippen LogP contribution in [0.2, 0.25) is 0 Å². The zero-order valence-electron chi connectivity index (χ0n) is 12.2. The Balaban J connectivity index is 2.41. The van der Waals surface area contributed by atoms with Gasteiger partial charge in [-0.25, -0.2) is 14.8 Å². The van der Waals surface area contributed by atoms with Crippen LogP contribution in [-0.2, 0) is 9.53 Å². The maximum absolute atomic E-state index is 12.0. The first-order chi connectivity index (χ1) is 9.51. The number of rotatable bonds is 5. The third-order valence-corrected chi connectivity index (χ3v) is 4.40. The second-order valence-corrected chi connectivity index (χ2v) is 5.90. The molecule has 1 unspecified atom stereocenters. The summed E-state index contributed by atoms with van der Waals surface area (Å²) in [6, 6.07) is 0. The molecule has 1 atom stereocenters. The molecule has 0 aliphatic heterocycles. The number of ether oxygens (including phenoxy) is 1. The lowest BCUT2D eigenvalue weighted by atomic mass is 9.96. The van der Waals surface area contributed by atoms with Gasteiger partial charge in [-0.05, 0) is 31.2 Å². The third-order valence-electron chi connectivity index (χ3n) is 3.31. The summed E-state index contributed by atoms with van der Waals surface area (Å²) in [5.74, 6) is 0.411. The number of aryl methyl sites for hydroxylation is 1. The highest BCUT2D eigenvalue weighted by molar-refractivity contribution is 7.18. The van der Waals surface area contributed by atoms with Crippen LogP contribution in [0.5, 0.6) is 0 Å². The smallest absolute Gasteiger partial charge is 0.331 e. The molecule has 0 fully saturated rings. The number of hydrogen-bond acceptors (Lipinski definition) is 6. The van der Waals surface area contributed by atoms with Crippen LogP contribution < -0.4 is 5.32 Å². The molecule has 108 valence electrons. The predicted molar refractivity (Wildman–Crippen MR) is 81.1 cm³/mol. The lowest BCUT2D eigenvalue weighted by molar-refractivity contribution is -0.145. The number of carbonyl (C=O) groups is 1. The summed E-state index contributed by atoms with van der Waals surface area (Å²) in [5.41, 5.74) is 1.27. The van der Waals surface area contributed by atoms with Crippen molar-refractivity contribution in [3.05, 3.63) is 17.3 Å². The molecule has 0 aromatic carbocycles. The van der Waals surface area contributed by atoms with Crippen molar-refractivity contribution in [1.29, 1.82) is 0 Å². The minimum atomic E-state index is -0.775. The Bertz CT molecular complexity index is 626. The van der Waals surface area contributed by atoms with Gasteiger partial charge in [-0.15, -0.1) is 11.3 Å². The molecular formula is C14H19N3O2S. The van der Waals surface area contributed by atoms with Gasteiger partial charge in [-0.1, -0.05) is 13.3 Å². The van der Waals surface area contributed by atoms with Crippen LogP contribution in [0.25, 0.3) is 10.2 Å². The molecule has 2 aromatic heterocycles. The van der Waals surface area contributed by atoms with Crippen molar-refractivity contribution >= 4 is 33.3 Å². The largest absolute Gasteiger partial charge is 0.467 e. The summed E-state index contributed by atoms with van der Waals surface area (Å²) in [6.07, 6.45) is 3.07. The van der Waals surface area contributed by atoms with E-state index < -0.39 is 5.54 Å². The Kier molecular flexibility index (Phi) is 4.23. The summed E-state index contributed by atoms with van der Waals surface area (Å²) in [5, 5.41) is 5.29. The van der Waals surface area contributed by atoms with Crippen molar-refractivity contribution in [3.63, 3.8) is 0 Å². The zero-order valence-corrected chi connectivity index (χ0v) is 13.0. The maximum atomic E-state index is 12.0. The van der Waals surface area contributed by atoms with E-state index in [0.717, 1.165) is 22.2 Å². The lowest BCUT2D eigenvalue weighted by Gasteiger charge is -2.28. The molecule has 0 aliphatic rings. The SMILES string of the molecule is CCCC(C)(Nc1ncnc2c(C)csc12)C(=O)OC. The Hall–Kier alpha value is -1.69. The van der Waals surface area contributed by atoms with Crippen LogP contribution in [0.15, 0.2) is 11.7 Å². The van der Waals surface area contributed by atoms with Crippen LogP contribution in [0, 0.1) is 6.92 Å². The fraction of sp³-hybridized carbons (Fsp3) is 0.500. The second-order valence-electron chi connectivity index (χ2n) is 5.02. The minimum absolute atomic E-state index is 0.278. The van der Waals surface area contributed by atoms with Gasteiger partial charge in [-0.2, -0.15) is 0 Å². The summed E-state index contributed by atoms with van der Waals surface area (Å²) in [4.78, 5) is 20.6. The number of hydrogen-bond donors (Lipinski definition) is 1. The Morgan fingerprint density at radius 3 is 2.90 bits per heavy atom. The highest BCUT2D eigenvalue weighted by Crippen LogP contribution is 2.31. The molecule has 2 aromatic rings. The van der Waals surface area contributed by atoms with Crippen LogP contribution in [0.1, 0.15) is 32.3 Å². The fourth-order valence-electron chi connectivity index (χ4n) is 2.26. The molecule has 0 bridgehead atoms. The van der Waals surface area contributed by atoms with Gasteiger partial charge in [0.15, 0.2) is 0 Å². The number of fused-ring (bicyclic) bond motifs is 1. The summed E-state index contributed by atoms with van der Waals surface area (Å²) in [6.45, 7) is 5.89. The van der Waals surface area contributed by atoms with Gasteiger partial charge in [0.2, 0.25) is 0 Å². The Morgan fingerprint density at radius 2 is 2.25 bits per heavy atom. The van der Waals surface area contributed by atoms with Gasteiger partial charge in [0.1, 0.15) is 17.7 Å². The number of carbonyl (C=O) groups excluding carboxylic acids is 1. The van der Waals surface area contributed by atoms with Gasteiger partial charge in [0.05, 0.1) is 17.3 Å². The zero-order chi connectivity index (χ0) is 14.8. The van der Waals surface area contributed by atoms with Gasteiger partial charge in [-0.3, -0.25) is 0 Å². The molecule has 0 saturated heterocycles. The molecule has 5 nitrogen and oxygen atoms in total. The molecule has 2 heterocycles. The van der Waals surface area contributed by atoms with Crippen molar-refractivity contribution < 1.29 is 9.53 Å². The van der Waals surface area contributed by atoms with Gasteiger partial charge < -0.3 is 10.1 Å². The van der Waals surface area contributed by atoms with E-state index in [0.29, 0.717) is 12.2 Å². The first kappa shape index (κ1) is 14.7. The number of esters is 1. The predicted octanol–water partition coefficient (Wildman–Crippen LogP) is 3.14. The first-order valence-corrected chi connectivity index (χ1v) is 7.45. The number of aromatic nitrogens is 2. The minimum Gasteiger partial charge on any atom is -0.467 e. The fourth-order valence-corrected chi connectivity index (χ4v) is 3.21. The van der Waals surface area contributed by atoms with Crippen molar-refractivity contribution in [1.82, 2.24) is 9.97 Å². The average Bonchev–Trinajstić information content (AvgIpc) is 2.81. The van der Waals surface area contributed by atoms with Crippen molar-refractivity contribution in [3.8, 4) is 0 Å². The quantitative estimate of drug-likeness (QED) is 0.858. The number of nitrogens with zero attached hydrogens (tertiary/aromatic N) is 2. The molecular weight excluding hydrogens is 274 g/mol. The van der Waals surface area contributed by atoms with E-state index in [9.17, 15) is 4.79 Å². The molecule has 1 N–H and O–H groups in total. The van der Waals surface area contributed by atoms with E-state index in [1.165, 1.54) is 13.4 Å². The standard InChI is InChI=1S/C14H19N3O2S/c1-5-6-14(3,13(18)19-4)17-12-11-10(15-8-16-12)9(2)7-20-11/h7-8H,5-6H2,1-4H3,(H,15,16,17). The van der Waals surface area contributed by atoms with E-state index in [1.807, 2.05) is 26.2 Å². The molecule has 0 amide bonds. The van der Waals surface area contributed by atoms with E-state index in [2.05, 4.69) is 15.3 Å². The van der Waals surface area contributed by atoms with E-state index in [4.69, 9.17) is 4.74 Å². The topological polar surface area (TPSA) is 64.1 Å². The van der Waals surface area contributed by atoms with Crippen LogP contribution in [0.4, 0.5) is 5.82 Å². The van der Waals surface area contributed by atoms with Crippen LogP contribution >= 0.6 is 11.3 Å². The molecule has 0 radical (unpaired) electrons. The third kappa shape index (κ3) is 2.60. The van der Waals surface area contributed by atoms with Gasteiger partial charge in [0, 0.05) is 0 Å². The van der Waals surface area contributed by atoms with Crippen LogP contribution in [0.3, 0.4) is 0 Å². The molecule has 0 spiro atoms. The normalized spacial score (nSPS) is 14.0. The summed E-state index contributed by atoms with van der Waals surface area (Å²) >= 11 is 1.58.